The zero-order valence-electron chi connectivity index (χ0n) is 27.8. The van der Waals surface area contributed by atoms with E-state index in [1.807, 2.05) is 6.07 Å². The Hall–Kier alpha value is -4.20. The van der Waals surface area contributed by atoms with Gasteiger partial charge in [0.15, 0.2) is 0 Å². The average molecular weight is 661 g/mol. The molecular weight excluding hydrogens is 612 g/mol. The van der Waals surface area contributed by atoms with E-state index < -0.39 is 72.3 Å². The number of rotatable bonds is 15. The van der Waals surface area contributed by atoms with Gasteiger partial charge in [-0.3, -0.25) is 0 Å². The molecule has 0 unspecified atom stereocenters. The number of benzene rings is 2. The normalized spacial score (nSPS) is 14.8. The van der Waals surface area contributed by atoms with Crippen LogP contribution in [-0.2, 0) is 41.4 Å². The SMILES string of the molecule is CC(C)(C)OC(=O)N[C@@H](Cc1ccccc1)C(=O)OCC[C@@H](O)[C@H](O)[C@@H](O)COC(=O)[C@H](Cc1ccccc1)NC(=O)OC(C)(C)C. The van der Waals surface area contributed by atoms with Gasteiger partial charge >= 0.3 is 24.1 Å². The van der Waals surface area contributed by atoms with E-state index >= 15 is 0 Å². The summed E-state index contributed by atoms with van der Waals surface area (Å²) in [6.45, 7) is 9.01. The van der Waals surface area contributed by atoms with Crippen LogP contribution in [0.2, 0.25) is 0 Å². The Labute approximate surface area is 275 Å². The number of ether oxygens (including phenoxy) is 4. The number of nitrogens with one attached hydrogen (secondary N) is 2. The first-order valence-corrected chi connectivity index (χ1v) is 15.4. The van der Waals surface area contributed by atoms with Crippen LogP contribution in [0.25, 0.3) is 0 Å². The van der Waals surface area contributed by atoms with Crippen molar-refractivity contribution in [3.63, 3.8) is 0 Å². The van der Waals surface area contributed by atoms with Gasteiger partial charge in [0.05, 0.1) is 12.7 Å². The third-order valence-electron chi connectivity index (χ3n) is 6.36. The molecule has 0 aliphatic carbocycles. The predicted molar refractivity (Wildman–Crippen MR) is 171 cm³/mol. The van der Waals surface area contributed by atoms with Crippen molar-refractivity contribution in [2.45, 2.75) is 102 Å². The van der Waals surface area contributed by atoms with Crippen molar-refractivity contribution in [2.24, 2.45) is 0 Å². The number of carbonyl (C=O) groups is 4. The summed E-state index contributed by atoms with van der Waals surface area (Å²) < 4.78 is 20.9. The van der Waals surface area contributed by atoms with Gasteiger partial charge in [0.25, 0.3) is 0 Å². The molecule has 0 aliphatic heterocycles. The Morgan fingerprint density at radius 2 is 1.04 bits per heavy atom. The largest absolute Gasteiger partial charge is 0.464 e. The quantitative estimate of drug-likeness (QED) is 0.140. The van der Waals surface area contributed by atoms with Crippen LogP contribution in [0, 0.1) is 0 Å². The van der Waals surface area contributed by atoms with Crippen molar-refractivity contribution >= 4 is 24.1 Å². The zero-order chi connectivity index (χ0) is 35.2. The predicted octanol–water partition coefficient (Wildman–Crippen LogP) is 2.82. The monoisotopic (exact) mass is 660 g/mol. The number of amides is 2. The first-order chi connectivity index (χ1) is 21.9. The van der Waals surface area contributed by atoms with Gasteiger partial charge in [0.1, 0.15) is 42.1 Å². The van der Waals surface area contributed by atoms with Crippen LogP contribution >= 0.6 is 0 Å². The molecule has 0 spiro atoms. The highest BCUT2D eigenvalue weighted by Gasteiger charge is 2.31. The standard InChI is InChI=1S/C34H48N2O11/c1-33(2,3)46-31(42)35-24(19-22-13-9-7-10-14-22)29(40)44-18-17-26(37)28(39)27(38)21-45-30(41)25(20-23-15-11-8-12-16-23)36-32(43)47-34(4,5)6/h7-16,24-28,37-39H,17-21H2,1-6H3,(H,35,42)(H,36,43)/t24-,25-,26+,27-,28-/m0/s1. The lowest BCUT2D eigenvalue weighted by Gasteiger charge is -2.25. The van der Waals surface area contributed by atoms with Crippen molar-refractivity contribution in [1.29, 1.82) is 0 Å². The molecule has 2 amide bonds. The molecular formula is C34H48N2O11. The molecule has 0 aliphatic rings. The van der Waals surface area contributed by atoms with Crippen molar-refractivity contribution in [2.75, 3.05) is 13.2 Å². The summed E-state index contributed by atoms with van der Waals surface area (Å²) in [6.07, 6.45) is -6.79. The van der Waals surface area contributed by atoms with Crippen molar-refractivity contribution in [1.82, 2.24) is 10.6 Å². The summed E-state index contributed by atoms with van der Waals surface area (Å²) in [7, 11) is 0. The Morgan fingerprint density at radius 3 is 1.45 bits per heavy atom. The molecule has 0 saturated heterocycles. The van der Waals surface area contributed by atoms with Gasteiger partial charge in [-0.1, -0.05) is 60.7 Å². The van der Waals surface area contributed by atoms with Crippen molar-refractivity contribution < 1.29 is 53.4 Å². The van der Waals surface area contributed by atoms with E-state index in [4.69, 9.17) is 18.9 Å². The lowest BCUT2D eigenvalue weighted by atomic mass is 10.1. The zero-order valence-corrected chi connectivity index (χ0v) is 27.8. The minimum Gasteiger partial charge on any atom is -0.464 e. The molecule has 13 nitrogen and oxygen atoms in total. The fourth-order valence-corrected chi connectivity index (χ4v) is 4.16. The number of hydrogen-bond acceptors (Lipinski definition) is 11. The van der Waals surface area contributed by atoms with Crippen LogP contribution in [0.5, 0.6) is 0 Å². The van der Waals surface area contributed by atoms with E-state index in [1.165, 1.54) is 0 Å². The minimum atomic E-state index is -1.77. The number of alkyl carbamates (subject to hydrolysis) is 2. The fourth-order valence-electron chi connectivity index (χ4n) is 4.16. The number of aliphatic hydroxyl groups excluding tert-OH is 3. The summed E-state index contributed by atoms with van der Waals surface area (Å²) in [6, 6.07) is 15.5. The summed E-state index contributed by atoms with van der Waals surface area (Å²) in [5.41, 5.74) is -0.125. The van der Waals surface area contributed by atoms with Gasteiger partial charge in [-0.05, 0) is 52.7 Å². The minimum absolute atomic E-state index is 0.0691. The van der Waals surface area contributed by atoms with E-state index in [0.717, 1.165) is 11.1 Å². The van der Waals surface area contributed by atoms with E-state index in [0.29, 0.717) is 0 Å². The summed E-state index contributed by atoms with van der Waals surface area (Å²) in [5, 5.41) is 36.3. The van der Waals surface area contributed by atoms with Crippen molar-refractivity contribution in [3.8, 4) is 0 Å². The Bertz CT molecular complexity index is 1280. The first-order valence-electron chi connectivity index (χ1n) is 15.4. The second-order valence-electron chi connectivity index (χ2n) is 13.0. The molecule has 2 rings (SSSR count). The van der Waals surface area contributed by atoms with E-state index in [-0.39, 0.29) is 25.9 Å². The van der Waals surface area contributed by atoms with Crippen LogP contribution in [0.3, 0.4) is 0 Å². The maximum atomic E-state index is 12.9. The van der Waals surface area contributed by atoms with Crippen LogP contribution in [0.15, 0.2) is 60.7 Å². The molecule has 0 saturated carbocycles. The third-order valence-corrected chi connectivity index (χ3v) is 6.36. The molecule has 2 aromatic carbocycles. The molecule has 260 valence electrons. The van der Waals surface area contributed by atoms with Gasteiger partial charge in [0.2, 0.25) is 0 Å². The highest BCUT2D eigenvalue weighted by atomic mass is 16.6. The summed E-state index contributed by atoms with van der Waals surface area (Å²) in [5.74, 6) is -1.69. The molecule has 0 heterocycles. The lowest BCUT2D eigenvalue weighted by Crippen LogP contribution is -2.47. The Kier molecular flexibility index (Phi) is 15.1. The maximum Gasteiger partial charge on any atom is 0.408 e. The van der Waals surface area contributed by atoms with E-state index in [9.17, 15) is 34.5 Å². The van der Waals surface area contributed by atoms with Gasteiger partial charge in [-0.25, -0.2) is 19.2 Å². The van der Waals surface area contributed by atoms with Crippen LogP contribution < -0.4 is 10.6 Å². The highest BCUT2D eigenvalue weighted by molar-refractivity contribution is 5.82. The second kappa shape index (κ2) is 18.2. The molecule has 0 aromatic heterocycles. The lowest BCUT2D eigenvalue weighted by molar-refractivity contribution is -0.155. The van der Waals surface area contributed by atoms with Gasteiger partial charge < -0.3 is 44.9 Å². The van der Waals surface area contributed by atoms with Gasteiger partial charge in [-0.15, -0.1) is 0 Å². The molecule has 5 N–H and O–H groups in total. The summed E-state index contributed by atoms with van der Waals surface area (Å²) in [4.78, 5) is 50.5. The molecule has 0 radical (unpaired) electrons. The van der Waals surface area contributed by atoms with Gasteiger partial charge in [-0.2, -0.15) is 0 Å². The number of carbonyl (C=O) groups excluding carboxylic acids is 4. The molecule has 0 bridgehead atoms. The Balaban J connectivity index is 1.92. The number of hydrogen-bond donors (Lipinski definition) is 5. The third kappa shape index (κ3) is 15.8. The molecule has 47 heavy (non-hydrogen) atoms. The van der Waals surface area contributed by atoms with E-state index in [2.05, 4.69) is 10.6 Å². The smallest absolute Gasteiger partial charge is 0.408 e. The highest BCUT2D eigenvalue weighted by Crippen LogP contribution is 2.13. The van der Waals surface area contributed by atoms with Crippen LogP contribution in [0.4, 0.5) is 9.59 Å². The number of esters is 2. The molecule has 13 heteroatoms. The Morgan fingerprint density at radius 1 is 0.638 bits per heavy atom. The molecule has 2 aromatic rings. The maximum absolute atomic E-state index is 12.9. The fraction of sp³-hybridized carbons (Fsp3) is 0.529. The van der Waals surface area contributed by atoms with Crippen LogP contribution in [-0.4, -0.2) is 94.3 Å². The van der Waals surface area contributed by atoms with Crippen molar-refractivity contribution in [3.05, 3.63) is 71.8 Å². The van der Waals surface area contributed by atoms with E-state index in [1.54, 1.807) is 96.1 Å². The number of aliphatic hydroxyl groups is 3. The average Bonchev–Trinajstić information content (AvgIpc) is 2.97. The summed E-state index contributed by atoms with van der Waals surface area (Å²) >= 11 is 0. The van der Waals surface area contributed by atoms with Gasteiger partial charge in [0, 0.05) is 19.3 Å². The van der Waals surface area contributed by atoms with Crippen LogP contribution in [0.1, 0.15) is 59.1 Å². The molecule has 0 fully saturated rings. The molecule has 5 atom stereocenters. The topological polar surface area (TPSA) is 190 Å². The first kappa shape index (κ1) is 39.0. The second-order valence-corrected chi connectivity index (χ2v) is 13.0.